The molecule has 134 valence electrons. The number of hydrogen-bond acceptors (Lipinski definition) is 4. The van der Waals surface area contributed by atoms with Gasteiger partial charge in [-0.05, 0) is 32.6 Å². The quantitative estimate of drug-likeness (QED) is 0.304. The first-order chi connectivity index (χ1) is 11.2. The largest absolute Gasteiger partial charge is 0.466 e. The molecule has 1 heterocycles. The summed E-state index contributed by atoms with van der Waals surface area (Å²) in [6, 6.07) is 0. The number of unbranched alkanes of at least 4 members (excludes halogenated alkanes) is 1. The molecule has 6 heteroatoms. The smallest absolute Gasteiger partial charge is 0.309 e. The third kappa shape index (κ3) is 7.68. The number of esters is 1. The molecule has 0 aliphatic carbocycles. The Morgan fingerprint density at radius 2 is 1.91 bits per heavy atom. The first-order valence-corrected chi connectivity index (χ1v) is 8.92. The van der Waals surface area contributed by atoms with Gasteiger partial charge >= 0.3 is 5.97 Å². The Bertz CT molecular complexity index is 353. The molecule has 0 aromatic rings. The lowest BCUT2D eigenvalue weighted by Gasteiger charge is -2.33. The lowest BCUT2D eigenvalue weighted by atomic mass is 9.97. The van der Waals surface area contributed by atoms with Crippen molar-refractivity contribution < 1.29 is 14.3 Å². The molecular weight excluding hydrogens is 294 g/mol. The van der Waals surface area contributed by atoms with E-state index in [-0.39, 0.29) is 11.9 Å². The minimum absolute atomic E-state index is 0.0382. The molecule has 0 atom stereocenters. The van der Waals surface area contributed by atoms with Crippen molar-refractivity contribution in [3.8, 4) is 0 Å². The van der Waals surface area contributed by atoms with Crippen molar-refractivity contribution in [2.24, 2.45) is 10.9 Å². The maximum atomic E-state index is 11.8. The van der Waals surface area contributed by atoms with Crippen molar-refractivity contribution in [3.63, 3.8) is 0 Å². The molecule has 1 N–H and O–H groups in total. The fourth-order valence-electron chi connectivity index (χ4n) is 2.64. The van der Waals surface area contributed by atoms with Crippen LogP contribution in [0.2, 0.25) is 0 Å². The van der Waals surface area contributed by atoms with Crippen LogP contribution in [-0.2, 0) is 14.3 Å². The van der Waals surface area contributed by atoms with Crippen molar-refractivity contribution in [2.45, 2.75) is 46.0 Å². The molecule has 0 aromatic heterocycles. The summed E-state index contributed by atoms with van der Waals surface area (Å²) in [5, 5.41) is 3.38. The van der Waals surface area contributed by atoms with E-state index in [1.165, 1.54) is 6.42 Å². The Balaban J connectivity index is 2.20. The standard InChI is InChI=1S/C17H33N3O3/c1-4-6-13-22-14-7-10-19-17(18-3)20-11-8-15(9-12-20)16(21)23-5-2/h15H,4-14H2,1-3H3,(H,18,19). The van der Waals surface area contributed by atoms with Gasteiger partial charge in [0.2, 0.25) is 0 Å². The zero-order chi connectivity index (χ0) is 16.9. The second-order valence-corrected chi connectivity index (χ2v) is 5.81. The fourth-order valence-corrected chi connectivity index (χ4v) is 2.64. The number of nitrogens with one attached hydrogen (secondary N) is 1. The van der Waals surface area contributed by atoms with Crippen molar-refractivity contribution in [2.75, 3.05) is 46.5 Å². The van der Waals surface area contributed by atoms with E-state index in [4.69, 9.17) is 9.47 Å². The Labute approximate surface area is 140 Å². The van der Waals surface area contributed by atoms with Gasteiger partial charge in [-0.15, -0.1) is 0 Å². The summed E-state index contributed by atoms with van der Waals surface area (Å²) in [6.07, 6.45) is 4.94. The minimum Gasteiger partial charge on any atom is -0.466 e. The van der Waals surface area contributed by atoms with Crippen LogP contribution in [-0.4, -0.2) is 63.3 Å². The Hall–Kier alpha value is -1.30. The maximum absolute atomic E-state index is 11.8. The molecule has 0 amide bonds. The van der Waals surface area contributed by atoms with E-state index in [2.05, 4.69) is 22.1 Å². The van der Waals surface area contributed by atoms with E-state index in [9.17, 15) is 4.79 Å². The molecular formula is C17H33N3O3. The molecule has 1 rings (SSSR count). The van der Waals surface area contributed by atoms with Crippen molar-refractivity contribution in [3.05, 3.63) is 0 Å². The van der Waals surface area contributed by atoms with Gasteiger partial charge in [-0.1, -0.05) is 13.3 Å². The number of hydrogen-bond donors (Lipinski definition) is 1. The lowest BCUT2D eigenvalue weighted by molar-refractivity contribution is -0.149. The van der Waals surface area contributed by atoms with E-state index >= 15 is 0 Å². The maximum Gasteiger partial charge on any atom is 0.309 e. The third-order valence-electron chi connectivity index (χ3n) is 4.02. The van der Waals surface area contributed by atoms with Gasteiger partial charge in [0.25, 0.3) is 0 Å². The van der Waals surface area contributed by atoms with Crippen LogP contribution in [0.4, 0.5) is 0 Å². The van der Waals surface area contributed by atoms with Gasteiger partial charge in [0.15, 0.2) is 5.96 Å². The Kier molecular flexibility index (Phi) is 10.4. The number of likely N-dealkylation sites (tertiary alicyclic amines) is 1. The van der Waals surface area contributed by atoms with E-state index in [1.807, 2.05) is 6.92 Å². The second kappa shape index (κ2) is 12.2. The molecule has 6 nitrogen and oxygen atoms in total. The SMILES string of the molecule is CCCCOCCCNC(=NC)N1CCC(C(=O)OCC)CC1. The second-order valence-electron chi connectivity index (χ2n) is 5.81. The highest BCUT2D eigenvalue weighted by atomic mass is 16.5. The summed E-state index contributed by atoms with van der Waals surface area (Å²) >= 11 is 0. The number of piperidine rings is 1. The van der Waals surface area contributed by atoms with Crippen molar-refractivity contribution >= 4 is 11.9 Å². The summed E-state index contributed by atoms with van der Waals surface area (Å²) < 4.78 is 10.7. The van der Waals surface area contributed by atoms with Crippen molar-refractivity contribution in [1.82, 2.24) is 10.2 Å². The molecule has 0 radical (unpaired) electrons. The summed E-state index contributed by atoms with van der Waals surface area (Å²) in [4.78, 5) is 18.3. The van der Waals surface area contributed by atoms with Gasteiger partial charge in [-0.2, -0.15) is 0 Å². The molecule has 23 heavy (non-hydrogen) atoms. The predicted molar refractivity (Wildman–Crippen MR) is 92.6 cm³/mol. The van der Waals surface area contributed by atoms with Crippen LogP contribution in [0.5, 0.6) is 0 Å². The number of ether oxygens (including phenoxy) is 2. The van der Waals surface area contributed by atoms with Gasteiger partial charge in [-0.3, -0.25) is 9.79 Å². The first kappa shape index (κ1) is 19.7. The zero-order valence-corrected chi connectivity index (χ0v) is 15.0. The highest BCUT2D eigenvalue weighted by molar-refractivity contribution is 5.80. The number of rotatable bonds is 9. The topological polar surface area (TPSA) is 63.2 Å². The van der Waals surface area contributed by atoms with Gasteiger partial charge < -0.3 is 19.7 Å². The van der Waals surface area contributed by atoms with Crippen LogP contribution in [0.25, 0.3) is 0 Å². The number of carbonyl (C=O) groups excluding carboxylic acids is 1. The van der Waals surface area contributed by atoms with E-state index < -0.39 is 0 Å². The number of nitrogens with zero attached hydrogens (tertiary/aromatic N) is 2. The van der Waals surface area contributed by atoms with Gasteiger partial charge in [0.05, 0.1) is 12.5 Å². The predicted octanol–water partition coefficient (Wildman–Crippen LogP) is 2.04. The third-order valence-corrected chi connectivity index (χ3v) is 4.02. The molecule has 1 aliphatic heterocycles. The average molecular weight is 327 g/mol. The number of aliphatic imine (C=N–C) groups is 1. The van der Waals surface area contributed by atoms with Gasteiger partial charge in [0.1, 0.15) is 0 Å². The van der Waals surface area contributed by atoms with E-state index in [0.717, 1.165) is 64.5 Å². The Morgan fingerprint density at radius 3 is 2.52 bits per heavy atom. The van der Waals surface area contributed by atoms with E-state index in [1.54, 1.807) is 7.05 Å². The summed E-state index contributed by atoms with van der Waals surface area (Å²) in [7, 11) is 1.80. The molecule has 1 fully saturated rings. The van der Waals surface area contributed by atoms with Crippen LogP contribution >= 0.6 is 0 Å². The van der Waals surface area contributed by atoms with Gasteiger partial charge in [0, 0.05) is 39.9 Å². The molecule has 1 saturated heterocycles. The highest BCUT2D eigenvalue weighted by Crippen LogP contribution is 2.18. The number of guanidine groups is 1. The molecule has 1 aliphatic rings. The van der Waals surface area contributed by atoms with Crippen LogP contribution in [0, 0.1) is 5.92 Å². The molecule has 0 aromatic carbocycles. The zero-order valence-electron chi connectivity index (χ0n) is 15.0. The van der Waals surface area contributed by atoms with Crippen molar-refractivity contribution in [1.29, 1.82) is 0 Å². The minimum atomic E-state index is -0.0562. The average Bonchev–Trinajstić information content (AvgIpc) is 2.58. The fraction of sp³-hybridized carbons (Fsp3) is 0.882. The van der Waals surface area contributed by atoms with Crippen LogP contribution in [0.15, 0.2) is 4.99 Å². The van der Waals surface area contributed by atoms with E-state index in [0.29, 0.717) is 6.61 Å². The summed E-state index contributed by atoms with van der Waals surface area (Å²) in [5.74, 6) is 0.900. The first-order valence-electron chi connectivity index (χ1n) is 8.92. The highest BCUT2D eigenvalue weighted by Gasteiger charge is 2.27. The van der Waals surface area contributed by atoms with Crippen LogP contribution < -0.4 is 5.32 Å². The molecule has 0 saturated carbocycles. The number of carbonyl (C=O) groups is 1. The van der Waals surface area contributed by atoms with Crippen LogP contribution in [0.1, 0.15) is 46.0 Å². The lowest BCUT2D eigenvalue weighted by Crippen LogP contribution is -2.47. The molecule has 0 unspecified atom stereocenters. The van der Waals surface area contributed by atoms with Crippen LogP contribution in [0.3, 0.4) is 0 Å². The summed E-state index contributed by atoms with van der Waals surface area (Å²) in [6.45, 7) is 8.66. The van der Waals surface area contributed by atoms with Gasteiger partial charge in [-0.25, -0.2) is 0 Å². The monoisotopic (exact) mass is 327 g/mol. The molecule has 0 spiro atoms. The normalized spacial score (nSPS) is 16.5. The Morgan fingerprint density at radius 1 is 1.22 bits per heavy atom. The summed E-state index contributed by atoms with van der Waals surface area (Å²) in [5.41, 5.74) is 0. The molecule has 0 bridgehead atoms.